The Balaban J connectivity index is 0.000000145. The molecule has 0 amide bonds. The monoisotopic (exact) mass is 1850 g/mol. The Hall–Kier alpha value is -19.2. The number of aromatic nitrogens is 4. The summed E-state index contributed by atoms with van der Waals surface area (Å²) in [7, 11) is 0. The first-order chi connectivity index (χ1) is 71.2. The predicted molar refractivity (Wildman–Crippen MR) is 602 cm³/mol. The molecule has 0 fully saturated rings. The molecule has 0 saturated heterocycles. The number of nitrogens with zero attached hydrogens (tertiary/aromatic N) is 8. The third-order valence-corrected chi connectivity index (χ3v) is 28.7. The zero-order chi connectivity index (χ0) is 95.4. The zero-order valence-electron chi connectivity index (χ0n) is 78.1. The van der Waals surface area contributed by atoms with E-state index in [1.165, 1.54) is 111 Å². The molecule has 144 heavy (non-hydrogen) atoms. The number of rotatable bonds is 17. The van der Waals surface area contributed by atoms with Crippen LogP contribution >= 0.6 is 0 Å². The van der Waals surface area contributed by atoms with Crippen LogP contribution < -0.4 is 19.6 Å². The molecule has 0 aliphatic carbocycles. The highest BCUT2D eigenvalue weighted by atomic mass is 19.1. The maximum atomic E-state index is 14.4. The quantitative estimate of drug-likeness (QED) is 0.0851. The molecule has 0 saturated carbocycles. The minimum atomic E-state index is -0.284. The largest absolute Gasteiger partial charge is 0.310 e. The Labute approximate surface area is 829 Å². The van der Waals surface area contributed by atoms with Gasteiger partial charge in [0.1, 0.15) is 11.6 Å². The van der Waals surface area contributed by atoms with Crippen LogP contribution in [-0.2, 0) is 0 Å². The molecule has 24 aromatic carbocycles. The van der Waals surface area contributed by atoms with Crippen molar-refractivity contribution in [3.05, 3.63) is 545 Å². The SMILES string of the molecule is Fc1ccc(N(c2ccc(-c3ccc(N(c4ccc(F)cc4)c4ccc5c(c4)c4ccccc4n5-c4ccccc4)cc3)cc2)c2ccc3c(c2)c2ccccc2n3-c2ccccc2)cc1.c1ccc(-n2c3ccccc3c3cc(N(c4ccc5cc6ccccc6cc5c4)c4cccc5c(N(c6ccc7cc8ccccc8cc7c6)c6ccc7c(c6)c6ccccc6n7-c6ccccc6)cccc45)ccc32)cc1. The van der Waals surface area contributed by atoms with Gasteiger partial charge in [0.05, 0.1) is 55.5 Å². The molecular formula is C134H88F2N8. The molecule has 10 heteroatoms. The van der Waals surface area contributed by atoms with Crippen molar-refractivity contribution in [2.45, 2.75) is 0 Å². The van der Waals surface area contributed by atoms with Crippen molar-refractivity contribution >= 4 is 209 Å². The fourth-order valence-electron chi connectivity index (χ4n) is 22.2. The van der Waals surface area contributed by atoms with Crippen LogP contribution in [0.15, 0.2) is 534 Å². The van der Waals surface area contributed by atoms with Crippen LogP contribution in [0.5, 0.6) is 0 Å². The molecular weight excluding hydrogens is 1760 g/mol. The number of benzene rings is 24. The molecule has 0 spiro atoms. The predicted octanol–water partition coefficient (Wildman–Crippen LogP) is 37.4. The third kappa shape index (κ3) is 14.6. The van der Waals surface area contributed by atoms with Gasteiger partial charge in [0.25, 0.3) is 0 Å². The van der Waals surface area contributed by atoms with Crippen molar-refractivity contribution in [1.29, 1.82) is 0 Å². The Morgan fingerprint density at radius 3 is 0.646 bits per heavy atom. The third-order valence-electron chi connectivity index (χ3n) is 28.7. The highest BCUT2D eigenvalue weighted by molar-refractivity contribution is 6.17. The molecule has 4 heterocycles. The van der Waals surface area contributed by atoms with E-state index in [4.69, 9.17) is 0 Å². The highest BCUT2D eigenvalue weighted by Crippen LogP contribution is 2.51. The maximum Gasteiger partial charge on any atom is 0.123 e. The molecule has 0 bridgehead atoms. The van der Waals surface area contributed by atoms with Crippen LogP contribution in [0, 0.1) is 11.6 Å². The molecule has 4 aromatic heterocycles. The van der Waals surface area contributed by atoms with Crippen LogP contribution in [0.4, 0.5) is 77.0 Å². The van der Waals surface area contributed by atoms with Crippen molar-refractivity contribution in [3.63, 3.8) is 0 Å². The van der Waals surface area contributed by atoms with Crippen LogP contribution in [0.1, 0.15) is 0 Å². The van der Waals surface area contributed by atoms with Gasteiger partial charge in [-0.05, 0) is 333 Å². The van der Waals surface area contributed by atoms with Gasteiger partial charge in [-0.1, -0.05) is 255 Å². The molecule has 0 radical (unpaired) electrons. The molecule has 0 N–H and O–H groups in total. The van der Waals surface area contributed by atoms with Crippen LogP contribution in [0.25, 0.3) is 175 Å². The second-order valence-electron chi connectivity index (χ2n) is 37.1. The molecule has 0 aliphatic rings. The van der Waals surface area contributed by atoms with Crippen LogP contribution in [-0.4, -0.2) is 18.3 Å². The van der Waals surface area contributed by atoms with Gasteiger partial charge in [-0.3, -0.25) is 0 Å². The van der Waals surface area contributed by atoms with Gasteiger partial charge in [0.2, 0.25) is 0 Å². The van der Waals surface area contributed by atoms with E-state index in [2.05, 4.69) is 511 Å². The molecule has 678 valence electrons. The van der Waals surface area contributed by atoms with E-state index >= 15 is 0 Å². The highest BCUT2D eigenvalue weighted by Gasteiger charge is 2.27. The van der Waals surface area contributed by atoms with Gasteiger partial charge in [-0.15, -0.1) is 0 Å². The van der Waals surface area contributed by atoms with Crippen molar-refractivity contribution in [1.82, 2.24) is 18.3 Å². The number of para-hydroxylation sites is 8. The Kier molecular flexibility index (Phi) is 20.5. The first-order valence-electron chi connectivity index (χ1n) is 48.9. The number of anilines is 12. The Morgan fingerprint density at radius 2 is 0.347 bits per heavy atom. The van der Waals surface area contributed by atoms with Crippen LogP contribution in [0.2, 0.25) is 0 Å². The second kappa shape index (κ2) is 35.1. The average Bonchev–Trinajstić information content (AvgIpc) is 1.50. The maximum absolute atomic E-state index is 14.4. The van der Waals surface area contributed by atoms with Gasteiger partial charge in [-0.2, -0.15) is 0 Å². The summed E-state index contributed by atoms with van der Waals surface area (Å²) < 4.78 is 38.1. The summed E-state index contributed by atoms with van der Waals surface area (Å²) in [5, 5.41) is 21.4. The lowest BCUT2D eigenvalue weighted by molar-refractivity contribution is 0.627. The molecule has 0 aliphatic heterocycles. The van der Waals surface area contributed by atoms with E-state index in [-0.39, 0.29) is 11.6 Å². The lowest BCUT2D eigenvalue weighted by atomic mass is 10.00. The van der Waals surface area contributed by atoms with E-state index < -0.39 is 0 Å². The molecule has 8 nitrogen and oxygen atoms in total. The van der Waals surface area contributed by atoms with Crippen molar-refractivity contribution in [3.8, 4) is 33.9 Å². The normalized spacial score (nSPS) is 11.7. The van der Waals surface area contributed by atoms with Crippen molar-refractivity contribution in [2.24, 2.45) is 0 Å². The summed E-state index contributed by atoms with van der Waals surface area (Å²) >= 11 is 0. The lowest BCUT2D eigenvalue weighted by Crippen LogP contribution is -2.12. The summed E-state index contributed by atoms with van der Waals surface area (Å²) in [6.45, 7) is 0. The first kappa shape index (κ1) is 84.1. The number of hydrogen-bond donors (Lipinski definition) is 0. The van der Waals surface area contributed by atoms with Gasteiger partial charge < -0.3 is 37.9 Å². The summed E-state index contributed by atoms with van der Waals surface area (Å²) in [4.78, 5) is 9.31. The van der Waals surface area contributed by atoms with E-state index in [0.29, 0.717) is 0 Å². The minimum absolute atomic E-state index is 0.284. The molecule has 28 aromatic rings. The smallest absolute Gasteiger partial charge is 0.123 e. The van der Waals surface area contributed by atoms with Gasteiger partial charge in [0, 0.05) is 133 Å². The van der Waals surface area contributed by atoms with Crippen molar-refractivity contribution in [2.75, 3.05) is 19.6 Å². The fraction of sp³-hybridized carbons (Fsp3) is 0. The van der Waals surface area contributed by atoms with E-state index in [0.717, 1.165) is 157 Å². The standard InChI is InChI=1S/C74H48N4.C60H40F2N4/c1-3-21-57(22-4-1)77-71-29-13-11-25-65(71)67-47-61(37-39-73(67)77)75(59-35-33-53-41-49-17-7-9-19-51(49)43-55(53)45-59)69-31-15-28-64-63(69)27-16-32-70(64)76(60-36-34-54-42-50-18-8-10-20-52(50)44-56(54)46-60)62-38-40-74-68(48-62)66-26-12-14-30-72(66)78(74)58-23-5-2-6-24-58;61-43-23-31-49(32-24-43)63(51-35-37-59-55(39-51)53-15-7-9-17-57(53)65(59)45-11-3-1-4-12-45)47-27-19-41(20-28-47)42-21-29-48(30-22-42)64(50-33-25-44(62)26-34-50)52-36-38-60-56(40-52)54-16-8-10-18-58(54)66(60)46-13-5-2-6-14-46/h1-48H;1-40H. The summed E-state index contributed by atoms with van der Waals surface area (Å²) in [5.74, 6) is -0.568. The second-order valence-corrected chi connectivity index (χ2v) is 37.1. The number of hydrogen-bond acceptors (Lipinski definition) is 4. The average molecular weight is 1850 g/mol. The molecule has 0 atom stereocenters. The fourth-order valence-corrected chi connectivity index (χ4v) is 22.2. The van der Waals surface area contributed by atoms with Gasteiger partial charge in [0.15, 0.2) is 0 Å². The number of fused-ring (bicyclic) bond motifs is 17. The minimum Gasteiger partial charge on any atom is -0.310 e. The topological polar surface area (TPSA) is 32.7 Å². The van der Waals surface area contributed by atoms with E-state index in [1.807, 2.05) is 36.4 Å². The molecule has 0 unspecified atom stereocenters. The molecule has 28 rings (SSSR count). The van der Waals surface area contributed by atoms with Crippen molar-refractivity contribution < 1.29 is 8.78 Å². The zero-order valence-corrected chi connectivity index (χ0v) is 78.1. The van der Waals surface area contributed by atoms with E-state index in [1.54, 1.807) is 0 Å². The summed E-state index contributed by atoms with van der Waals surface area (Å²) in [5.41, 5.74) is 27.8. The van der Waals surface area contributed by atoms with Gasteiger partial charge in [-0.25, -0.2) is 8.78 Å². The Morgan fingerprint density at radius 1 is 0.132 bits per heavy atom. The lowest BCUT2D eigenvalue weighted by Gasteiger charge is -2.30. The summed E-state index contributed by atoms with van der Waals surface area (Å²) in [6.07, 6.45) is 0. The first-order valence-corrected chi connectivity index (χ1v) is 48.9. The summed E-state index contributed by atoms with van der Waals surface area (Å²) in [6, 6.07) is 189. The number of halogens is 2. The van der Waals surface area contributed by atoms with Gasteiger partial charge >= 0.3 is 0 Å². The Bertz CT molecular complexity index is 9300. The van der Waals surface area contributed by atoms with E-state index in [9.17, 15) is 8.78 Å². The van der Waals surface area contributed by atoms with Crippen LogP contribution in [0.3, 0.4) is 0 Å².